The summed E-state index contributed by atoms with van der Waals surface area (Å²) in [7, 11) is 0. The van der Waals surface area contributed by atoms with Crippen molar-refractivity contribution in [3.63, 3.8) is 0 Å². The summed E-state index contributed by atoms with van der Waals surface area (Å²) in [6, 6.07) is 2.99. The fraction of sp³-hybridized carbons (Fsp3) is 1.00. The van der Waals surface area contributed by atoms with Crippen molar-refractivity contribution in [1.29, 1.82) is 0 Å². The van der Waals surface area contributed by atoms with Gasteiger partial charge in [-0.25, -0.2) is 8.61 Å². The molecule has 0 spiro atoms. The predicted molar refractivity (Wildman–Crippen MR) is 113 cm³/mol. The zero-order valence-corrected chi connectivity index (χ0v) is 18.1. The number of hydrogen-bond acceptors (Lipinski definition) is 4. The third-order valence-electron chi connectivity index (χ3n) is 5.45. The third kappa shape index (κ3) is 6.74. The smallest absolute Gasteiger partial charge is 0.0205 e. The highest BCUT2D eigenvalue weighted by atomic mass is 32.2. The van der Waals surface area contributed by atoms with Crippen molar-refractivity contribution in [3.8, 4) is 0 Å². The van der Waals surface area contributed by atoms with Crippen molar-refractivity contribution in [3.05, 3.63) is 0 Å². The Labute approximate surface area is 160 Å². The number of rotatable bonds is 9. The van der Waals surface area contributed by atoms with Crippen LogP contribution in [0.5, 0.6) is 0 Å². The highest BCUT2D eigenvalue weighted by molar-refractivity contribution is 8.00. The summed E-state index contributed by atoms with van der Waals surface area (Å²) < 4.78 is 5.44. The first-order valence-electron chi connectivity index (χ1n) is 10.4. The van der Waals surface area contributed by atoms with Crippen LogP contribution in [0.15, 0.2) is 0 Å². The first-order valence-corrected chi connectivity index (χ1v) is 12.3. The molecule has 0 aromatic rings. The summed E-state index contributed by atoms with van der Waals surface area (Å²) >= 11 is 4.24. The van der Waals surface area contributed by atoms with E-state index in [0.717, 1.165) is 12.1 Å². The fourth-order valence-corrected chi connectivity index (χ4v) is 6.77. The summed E-state index contributed by atoms with van der Waals surface area (Å²) in [5, 5.41) is 0. The second kappa shape index (κ2) is 11.4. The molecule has 2 fully saturated rings. The molecule has 2 saturated carbocycles. The van der Waals surface area contributed by atoms with E-state index in [4.69, 9.17) is 0 Å². The molecule has 0 atom stereocenters. The van der Waals surface area contributed by atoms with Crippen LogP contribution >= 0.6 is 23.9 Å². The molecule has 0 unspecified atom stereocenters. The second-order valence-electron chi connectivity index (χ2n) is 8.16. The van der Waals surface area contributed by atoms with Gasteiger partial charge in [0, 0.05) is 35.7 Å². The van der Waals surface area contributed by atoms with Crippen LogP contribution in [0.2, 0.25) is 0 Å². The van der Waals surface area contributed by atoms with Gasteiger partial charge >= 0.3 is 0 Å². The maximum Gasteiger partial charge on any atom is 0.0205 e. The Morgan fingerprint density at radius 3 is 1.25 bits per heavy atom. The maximum absolute atomic E-state index is 2.72. The van der Waals surface area contributed by atoms with E-state index in [1.165, 1.54) is 75.7 Å². The van der Waals surface area contributed by atoms with Gasteiger partial charge in [-0.3, -0.25) is 0 Å². The fourth-order valence-electron chi connectivity index (χ4n) is 4.31. The van der Waals surface area contributed by atoms with E-state index in [-0.39, 0.29) is 0 Å². The van der Waals surface area contributed by atoms with Crippen LogP contribution < -0.4 is 0 Å². The Morgan fingerprint density at radius 1 is 0.625 bits per heavy atom. The molecule has 0 radical (unpaired) electrons. The lowest BCUT2D eigenvalue weighted by Crippen LogP contribution is -2.38. The molecule has 0 aliphatic heterocycles. The molecule has 0 N–H and O–H groups in total. The number of hydrogen-bond donors (Lipinski definition) is 0. The Bertz CT molecular complexity index is 292. The average Bonchev–Trinajstić information content (AvgIpc) is 2.59. The minimum atomic E-state index is 0.669. The van der Waals surface area contributed by atoms with Crippen LogP contribution in [0, 0.1) is 0 Å². The Kier molecular flexibility index (Phi) is 9.90. The lowest BCUT2D eigenvalue weighted by Gasteiger charge is -2.37. The van der Waals surface area contributed by atoms with Gasteiger partial charge < -0.3 is 0 Å². The van der Waals surface area contributed by atoms with Crippen molar-refractivity contribution in [2.45, 2.75) is 116 Å². The van der Waals surface area contributed by atoms with Gasteiger partial charge in [0.2, 0.25) is 0 Å². The highest BCUT2D eigenvalue weighted by Gasteiger charge is 2.25. The average molecular weight is 373 g/mol. The molecule has 2 nitrogen and oxygen atoms in total. The molecule has 0 aromatic carbocycles. The molecule has 0 heterocycles. The topological polar surface area (TPSA) is 6.48 Å². The second-order valence-corrected chi connectivity index (χ2v) is 10.3. The quantitative estimate of drug-likeness (QED) is 0.342. The van der Waals surface area contributed by atoms with Gasteiger partial charge in [-0.2, -0.15) is 0 Å². The summed E-state index contributed by atoms with van der Waals surface area (Å²) in [6.07, 6.45) is 14.3. The van der Waals surface area contributed by atoms with Crippen molar-refractivity contribution in [2.75, 3.05) is 11.5 Å². The van der Waals surface area contributed by atoms with Crippen LogP contribution in [-0.4, -0.2) is 44.3 Å². The standard InChI is InChI=1S/C20H40N2S2/c1-17(2)21(19-11-7-5-8-12-19)23-15-16-24-22(18(3)4)20-13-9-6-10-14-20/h17-20H,5-16H2,1-4H3. The molecular weight excluding hydrogens is 332 g/mol. The summed E-state index contributed by atoms with van der Waals surface area (Å²) in [5.41, 5.74) is 0. The normalized spacial score (nSPS) is 21.5. The van der Waals surface area contributed by atoms with Gasteiger partial charge in [-0.1, -0.05) is 62.4 Å². The third-order valence-corrected chi connectivity index (χ3v) is 8.52. The minimum Gasteiger partial charge on any atom is -0.245 e. The monoisotopic (exact) mass is 372 g/mol. The SMILES string of the molecule is CC(C)N(SCCSN(C(C)C)C1CCCCC1)C1CCCCC1. The molecule has 0 amide bonds. The molecule has 24 heavy (non-hydrogen) atoms. The van der Waals surface area contributed by atoms with Crippen LogP contribution in [0.4, 0.5) is 0 Å². The van der Waals surface area contributed by atoms with Crippen LogP contribution in [0.1, 0.15) is 91.9 Å². The van der Waals surface area contributed by atoms with Crippen LogP contribution in [-0.2, 0) is 0 Å². The van der Waals surface area contributed by atoms with E-state index >= 15 is 0 Å². The summed E-state index contributed by atoms with van der Waals surface area (Å²) in [5.74, 6) is 2.52. The first kappa shape index (κ1) is 20.9. The predicted octanol–water partition coefficient (Wildman–Crippen LogP) is 6.37. The van der Waals surface area contributed by atoms with Gasteiger partial charge in [-0.15, -0.1) is 0 Å². The lowest BCUT2D eigenvalue weighted by atomic mass is 9.95. The minimum absolute atomic E-state index is 0.669. The van der Waals surface area contributed by atoms with Gasteiger partial charge in [-0.05, 0) is 53.4 Å². The van der Waals surface area contributed by atoms with Gasteiger partial charge in [0.05, 0.1) is 0 Å². The van der Waals surface area contributed by atoms with Crippen molar-refractivity contribution in [1.82, 2.24) is 8.61 Å². The van der Waals surface area contributed by atoms with Gasteiger partial charge in [0.15, 0.2) is 0 Å². The molecule has 2 aliphatic carbocycles. The van der Waals surface area contributed by atoms with Gasteiger partial charge in [0.25, 0.3) is 0 Å². The van der Waals surface area contributed by atoms with Crippen molar-refractivity contribution < 1.29 is 0 Å². The Hall–Kier alpha value is 0.620. The lowest BCUT2D eigenvalue weighted by molar-refractivity contribution is 0.237. The molecule has 0 saturated heterocycles. The largest absolute Gasteiger partial charge is 0.245 e. The first-order chi connectivity index (χ1) is 11.6. The molecule has 2 aliphatic rings. The zero-order chi connectivity index (χ0) is 17.4. The Morgan fingerprint density at radius 2 is 0.958 bits per heavy atom. The zero-order valence-electron chi connectivity index (χ0n) is 16.5. The Balaban J connectivity index is 1.73. The van der Waals surface area contributed by atoms with E-state index in [2.05, 4.69) is 60.2 Å². The molecule has 4 heteroatoms. The van der Waals surface area contributed by atoms with E-state index in [0.29, 0.717) is 12.1 Å². The maximum atomic E-state index is 2.72. The van der Waals surface area contributed by atoms with Crippen LogP contribution in [0.25, 0.3) is 0 Å². The van der Waals surface area contributed by atoms with E-state index in [1.807, 2.05) is 0 Å². The van der Waals surface area contributed by atoms with Crippen molar-refractivity contribution >= 4 is 23.9 Å². The molecular formula is C20H40N2S2. The molecule has 0 bridgehead atoms. The molecule has 0 aromatic heterocycles. The highest BCUT2D eigenvalue weighted by Crippen LogP contribution is 2.32. The van der Waals surface area contributed by atoms with Crippen molar-refractivity contribution in [2.24, 2.45) is 0 Å². The van der Waals surface area contributed by atoms with Crippen LogP contribution in [0.3, 0.4) is 0 Å². The summed E-state index contributed by atoms with van der Waals surface area (Å²) in [4.78, 5) is 0. The van der Waals surface area contributed by atoms with E-state index in [9.17, 15) is 0 Å². The summed E-state index contributed by atoms with van der Waals surface area (Å²) in [6.45, 7) is 9.49. The molecule has 142 valence electrons. The number of nitrogens with zero attached hydrogens (tertiary/aromatic N) is 2. The van der Waals surface area contributed by atoms with Gasteiger partial charge in [0.1, 0.15) is 0 Å². The molecule has 2 rings (SSSR count). The van der Waals surface area contributed by atoms with E-state index < -0.39 is 0 Å². The van der Waals surface area contributed by atoms with E-state index in [1.54, 1.807) is 0 Å².